The van der Waals surface area contributed by atoms with Crippen LogP contribution in [0.4, 0.5) is 0 Å². The van der Waals surface area contributed by atoms with Gasteiger partial charge in [-0.1, -0.05) is 6.07 Å². The van der Waals surface area contributed by atoms with Gasteiger partial charge in [-0.3, -0.25) is 9.78 Å². The fourth-order valence-corrected chi connectivity index (χ4v) is 4.94. The Bertz CT molecular complexity index is 1020. The van der Waals surface area contributed by atoms with Crippen LogP contribution in [0.5, 0.6) is 0 Å². The first-order valence-electron chi connectivity index (χ1n) is 9.87. The van der Waals surface area contributed by atoms with Gasteiger partial charge in [0.1, 0.15) is 0 Å². The molecule has 2 aliphatic rings. The number of ether oxygens (including phenoxy) is 1. The van der Waals surface area contributed by atoms with E-state index in [9.17, 15) is 13.2 Å². The number of pyridine rings is 1. The van der Waals surface area contributed by atoms with Crippen LogP contribution in [0.1, 0.15) is 39.9 Å². The molecule has 1 aromatic heterocycles. The molecule has 0 unspecified atom stereocenters. The third kappa shape index (κ3) is 4.34. The van der Waals surface area contributed by atoms with Crippen LogP contribution in [0.2, 0.25) is 0 Å². The average molecular weight is 416 g/mol. The number of nitrogens with zero attached hydrogens (tertiary/aromatic N) is 2. The van der Waals surface area contributed by atoms with Crippen LogP contribution in [-0.4, -0.2) is 50.0 Å². The van der Waals surface area contributed by atoms with Crippen molar-refractivity contribution in [3.8, 4) is 0 Å². The number of rotatable bonds is 5. The van der Waals surface area contributed by atoms with Crippen molar-refractivity contribution in [1.82, 2.24) is 14.6 Å². The van der Waals surface area contributed by atoms with E-state index in [0.29, 0.717) is 38.2 Å². The van der Waals surface area contributed by atoms with E-state index in [1.165, 1.54) is 0 Å². The Kier molecular flexibility index (Phi) is 5.67. The number of carbonyl (C=O) groups excluding carboxylic acids is 1. The van der Waals surface area contributed by atoms with Crippen LogP contribution in [0.15, 0.2) is 41.6 Å². The molecule has 3 heterocycles. The molecule has 29 heavy (non-hydrogen) atoms. The van der Waals surface area contributed by atoms with E-state index in [1.807, 2.05) is 19.1 Å². The van der Waals surface area contributed by atoms with Crippen LogP contribution >= 0.6 is 0 Å². The quantitative estimate of drug-likeness (QED) is 0.807. The van der Waals surface area contributed by atoms with Crippen molar-refractivity contribution in [2.75, 3.05) is 19.7 Å². The highest BCUT2D eigenvalue weighted by Gasteiger charge is 2.25. The van der Waals surface area contributed by atoms with E-state index >= 15 is 0 Å². The molecule has 1 saturated heterocycles. The van der Waals surface area contributed by atoms with Crippen molar-refractivity contribution in [2.24, 2.45) is 0 Å². The minimum absolute atomic E-state index is 0.0436. The monoisotopic (exact) mass is 415 g/mol. The molecule has 1 aromatic carbocycles. The number of hydrogen-bond donors (Lipinski definition) is 1. The minimum Gasteiger partial charge on any atom is -0.377 e. The van der Waals surface area contributed by atoms with E-state index in [4.69, 9.17) is 4.74 Å². The molecular weight excluding hydrogens is 390 g/mol. The molecule has 2 aliphatic heterocycles. The number of hydrogen-bond acceptors (Lipinski definition) is 5. The third-order valence-electron chi connectivity index (χ3n) is 5.58. The summed E-state index contributed by atoms with van der Waals surface area (Å²) in [6, 6.07) is 6.97. The average Bonchev–Trinajstić information content (AvgIpc) is 3.25. The largest absolute Gasteiger partial charge is 0.377 e. The van der Waals surface area contributed by atoms with Crippen molar-refractivity contribution < 1.29 is 17.9 Å². The zero-order valence-corrected chi connectivity index (χ0v) is 17.2. The van der Waals surface area contributed by atoms with Crippen LogP contribution in [0, 0.1) is 6.92 Å². The Balaban J connectivity index is 1.47. The predicted octanol–water partition coefficient (Wildman–Crippen LogP) is 2.05. The van der Waals surface area contributed by atoms with Gasteiger partial charge in [-0.05, 0) is 61.1 Å². The predicted molar refractivity (Wildman–Crippen MR) is 108 cm³/mol. The molecule has 0 bridgehead atoms. The molecule has 0 aliphatic carbocycles. The highest BCUT2D eigenvalue weighted by Crippen LogP contribution is 2.24. The molecule has 154 valence electrons. The Morgan fingerprint density at radius 3 is 2.93 bits per heavy atom. The van der Waals surface area contributed by atoms with Crippen molar-refractivity contribution in [1.29, 1.82) is 0 Å². The topological polar surface area (TPSA) is 88.6 Å². The standard InChI is InChI=1S/C21H25N3O4S/c1-15-6-8-22-13-20(15)21(25)24-9-7-16-11-19(5-4-17(16)14-24)29(26,27)23-12-18-3-2-10-28-18/h4-6,8,11,13,18,23H,2-3,7,9-10,12,14H2,1H3/t18-/m1/s1. The second-order valence-electron chi connectivity index (χ2n) is 7.58. The molecular formula is C21H25N3O4S. The first kappa shape index (κ1) is 20.0. The van der Waals surface area contributed by atoms with Gasteiger partial charge in [0.25, 0.3) is 5.91 Å². The van der Waals surface area contributed by atoms with Crippen molar-refractivity contribution in [3.05, 3.63) is 58.9 Å². The van der Waals surface area contributed by atoms with E-state index in [1.54, 1.807) is 29.4 Å². The van der Waals surface area contributed by atoms with Crippen LogP contribution in [-0.2, 0) is 27.7 Å². The molecule has 8 heteroatoms. The molecule has 0 saturated carbocycles. The molecule has 1 atom stereocenters. The minimum atomic E-state index is -3.58. The number of sulfonamides is 1. The van der Waals surface area contributed by atoms with E-state index in [0.717, 1.165) is 29.5 Å². The smallest absolute Gasteiger partial charge is 0.255 e. The Morgan fingerprint density at radius 2 is 2.17 bits per heavy atom. The second kappa shape index (κ2) is 8.22. The van der Waals surface area contributed by atoms with Crippen molar-refractivity contribution in [3.63, 3.8) is 0 Å². The van der Waals surface area contributed by atoms with Gasteiger partial charge in [0.05, 0.1) is 16.6 Å². The van der Waals surface area contributed by atoms with Gasteiger partial charge in [0.15, 0.2) is 0 Å². The van der Waals surface area contributed by atoms with Crippen LogP contribution in [0.25, 0.3) is 0 Å². The highest BCUT2D eigenvalue weighted by molar-refractivity contribution is 7.89. The van der Waals surface area contributed by atoms with Gasteiger partial charge >= 0.3 is 0 Å². The summed E-state index contributed by atoms with van der Waals surface area (Å²) in [7, 11) is -3.58. The lowest BCUT2D eigenvalue weighted by molar-refractivity contribution is 0.0733. The molecule has 1 fully saturated rings. The fraction of sp³-hybridized carbons (Fsp3) is 0.429. The van der Waals surface area contributed by atoms with E-state index in [2.05, 4.69) is 9.71 Å². The summed E-state index contributed by atoms with van der Waals surface area (Å²) in [5.74, 6) is -0.0452. The summed E-state index contributed by atoms with van der Waals surface area (Å²) in [6.45, 7) is 3.90. The van der Waals surface area contributed by atoms with Gasteiger partial charge in [-0.25, -0.2) is 13.1 Å². The SMILES string of the molecule is Cc1ccncc1C(=O)N1CCc2cc(S(=O)(=O)NC[C@H]3CCCO3)ccc2C1. The molecule has 0 spiro atoms. The Labute approximate surface area is 171 Å². The van der Waals surface area contributed by atoms with Gasteiger partial charge in [-0.15, -0.1) is 0 Å². The normalized spacial score (nSPS) is 19.2. The Morgan fingerprint density at radius 1 is 1.31 bits per heavy atom. The van der Waals surface area contributed by atoms with E-state index < -0.39 is 10.0 Å². The number of carbonyl (C=O) groups is 1. The van der Waals surface area contributed by atoms with Crippen molar-refractivity contribution >= 4 is 15.9 Å². The maximum Gasteiger partial charge on any atom is 0.255 e. The second-order valence-corrected chi connectivity index (χ2v) is 9.35. The molecule has 4 rings (SSSR count). The number of aryl methyl sites for hydroxylation is 1. The molecule has 1 N–H and O–H groups in total. The maximum absolute atomic E-state index is 12.8. The van der Waals surface area contributed by atoms with Crippen LogP contribution < -0.4 is 4.72 Å². The zero-order valence-electron chi connectivity index (χ0n) is 16.4. The van der Waals surface area contributed by atoms with Gasteiger partial charge in [-0.2, -0.15) is 0 Å². The number of amides is 1. The Hall–Kier alpha value is -2.29. The highest BCUT2D eigenvalue weighted by atomic mass is 32.2. The number of aromatic nitrogens is 1. The van der Waals surface area contributed by atoms with Gasteiger partial charge < -0.3 is 9.64 Å². The number of nitrogens with one attached hydrogen (secondary N) is 1. The summed E-state index contributed by atoms with van der Waals surface area (Å²) in [6.07, 6.45) is 5.70. The van der Waals surface area contributed by atoms with Crippen molar-refractivity contribution in [2.45, 2.75) is 43.7 Å². The first-order valence-corrected chi connectivity index (χ1v) is 11.4. The summed E-state index contributed by atoms with van der Waals surface area (Å²) in [5, 5.41) is 0. The number of fused-ring (bicyclic) bond motifs is 1. The molecule has 0 radical (unpaired) electrons. The zero-order chi connectivity index (χ0) is 20.4. The lowest BCUT2D eigenvalue weighted by Gasteiger charge is -2.29. The maximum atomic E-state index is 12.8. The summed E-state index contributed by atoms with van der Waals surface area (Å²) in [4.78, 5) is 18.9. The lowest BCUT2D eigenvalue weighted by atomic mass is 9.99. The first-order chi connectivity index (χ1) is 13.9. The summed E-state index contributed by atoms with van der Waals surface area (Å²) < 4.78 is 33.4. The summed E-state index contributed by atoms with van der Waals surface area (Å²) >= 11 is 0. The third-order valence-corrected chi connectivity index (χ3v) is 7.00. The summed E-state index contributed by atoms with van der Waals surface area (Å²) in [5.41, 5.74) is 3.45. The molecule has 7 nitrogen and oxygen atoms in total. The molecule has 2 aromatic rings. The van der Waals surface area contributed by atoms with Crippen LogP contribution in [0.3, 0.4) is 0 Å². The van der Waals surface area contributed by atoms with Gasteiger partial charge in [0, 0.05) is 38.6 Å². The van der Waals surface area contributed by atoms with E-state index in [-0.39, 0.29) is 16.9 Å². The lowest BCUT2D eigenvalue weighted by Crippen LogP contribution is -2.36. The fourth-order valence-electron chi connectivity index (χ4n) is 3.82. The number of benzene rings is 1. The van der Waals surface area contributed by atoms with Gasteiger partial charge in [0.2, 0.25) is 10.0 Å². The molecule has 1 amide bonds.